The zero-order chi connectivity index (χ0) is 11.7. The lowest BCUT2D eigenvalue weighted by atomic mass is 10.4. The van der Waals surface area contributed by atoms with Crippen LogP contribution in [0, 0.1) is 0 Å². The first-order valence-electron chi connectivity index (χ1n) is 4.91. The van der Waals surface area contributed by atoms with E-state index in [0.717, 1.165) is 11.5 Å². The van der Waals surface area contributed by atoms with Gasteiger partial charge in [-0.05, 0) is 6.07 Å². The summed E-state index contributed by atoms with van der Waals surface area (Å²) in [6.07, 6.45) is 3.13. The van der Waals surface area contributed by atoms with E-state index in [0.29, 0.717) is 17.5 Å². The van der Waals surface area contributed by atoms with Crippen LogP contribution < -0.4 is 5.32 Å². The minimum Gasteiger partial charge on any atom is -0.364 e. The van der Waals surface area contributed by atoms with Gasteiger partial charge in [0.05, 0.1) is 12.2 Å². The molecule has 0 saturated heterocycles. The Bertz CT molecular complexity index is 630. The fourth-order valence-corrected chi connectivity index (χ4v) is 1.66. The zero-order valence-corrected chi connectivity index (χ0v) is 9.39. The second kappa shape index (κ2) is 4.02. The molecule has 0 bridgehead atoms. The van der Waals surface area contributed by atoms with Gasteiger partial charge in [-0.2, -0.15) is 24.7 Å². The van der Waals surface area contributed by atoms with Gasteiger partial charge < -0.3 is 5.32 Å². The Labute approximate surface area is 101 Å². The maximum Gasteiger partial charge on any atom is 0.255 e. The quantitative estimate of drug-likeness (QED) is 0.680. The molecule has 0 aromatic carbocycles. The van der Waals surface area contributed by atoms with Gasteiger partial charge in [0.2, 0.25) is 0 Å². The number of anilines is 1. The SMILES string of the molecule is Clc1cc(NCc2ccn[nH]2)n2ncnc2n1. The number of halogens is 1. The molecule has 0 amide bonds. The number of H-pyrrole nitrogens is 1. The maximum absolute atomic E-state index is 5.89. The lowest BCUT2D eigenvalue weighted by Gasteiger charge is -2.06. The molecule has 0 aliphatic carbocycles. The summed E-state index contributed by atoms with van der Waals surface area (Å²) in [5.41, 5.74) is 0.964. The van der Waals surface area contributed by atoms with E-state index in [2.05, 4.69) is 30.6 Å². The second-order valence-electron chi connectivity index (χ2n) is 3.37. The number of rotatable bonds is 3. The highest BCUT2D eigenvalue weighted by atomic mass is 35.5. The van der Waals surface area contributed by atoms with E-state index in [4.69, 9.17) is 11.6 Å². The minimum absolute atomic E-state index is 0.373. The lowest BCUT2D eigenvalue weighted by Crippen LogP contribution is -2.06. The highest BCUT2D eigenvalue weighted by molar-refractivity contribution is 6.29. The van der Waals surface area contributed by atoms with Gasteiger partial charge >= 0.3 is 0 Å². The van der Waals surface area contributed by atoms with Crippen LogP contribution in [0.4, 0.5) is 5.82 Å². The van der Waals surface area contributed by atoms with E-state index < -0.39 is 0 Å². The van der Waals surface area contributed by atoms with Crippen LogP contribution in [0.3, 0.4) is 0 Å². The molecule has 7 nitrogen and oxygen atoms in total. The highest BCUT2D eigenvalue weighted by Crippen LogP contribution is 2.14. The van der Waals surface area contributed by atoms with Crippen molar-refractivity contribution in [1.82, 2.24) is 29.8 Å². The molecule has 0 aliphatic rings. The van der Waals surface area contributed by atoms with Gasteiger partial charge in [0.15, 0.2) is 0 Å². The summed E-state index contributed by atoms with van der Waals surface area (Å²) < 4.78 is 1.59. The van der Waals surface area contributed by atoms with Crippen LogP contribution in [-0.4, -0.2) is 29.8 Å². The zero-order valence-electron chi connectivity index (χ0n) is 8.63. The summed E-state index contributed by atoms with van der Waals surface area (Å²) in [5, 5.41) is 14.3. The standard InChI is InChI=1S/C9H8ClN7/c10-7-3-8(11-4-6-1-2-13-16-6)17-9(15-7)12-5-14-17/h1-3,5,11H,4H2,(H,13,16). The van der Waals surface area contributed by atoms with Crippen LogP contribution in [-0.2, 0) is 6.54 Å². The minimum atomic E-state index is 0.373. The molecule has 17 heavy (non-hydrogen) atoms. The molecule has 0 spiro atoms. The number of hydrogen-bond acceptors (Lipinski definition) is 5. The Balaban J connectivity index is 1.91. The third-order valence-corrected chi connectivity index (χ3v) is 2.43. The highest BCUT2D eigenvalue weighted by Gasteiger charge is 2.06. The Morgan fingerprint density at radius 1 is 1.47 bits per heavy atom. The summed E-state index contributed by atoms with van der Waals surface area (Å²) in [4.78, 5) is 8.02. The molecule has 0 fully saturated rings. The van der Waals surface area contributed by atoms with Gasteiger partial charge in [-0.1, -0.05) is 11.6 Å². The van der Waals surface area contributed by atoms with Crippen LogP contribution in [0.1, 0.15) is 5.69 Å². The summed E-state index contributed by atoms with van der Waals surface area (Å²) >= 11 is 5.89. The summed E-state index contributed by atoms with van der Waals surface area (Å²) in [6, 6.07) is 3.58. The molecule has 0 saturated carbocycles. The number of nitrogens with one attached hydrogen (secondary N) is 2. The Morgan fingerprint density at radius 2 is 2.41 bits per heavy atom. The third kappa shape index (κ3) is 1.92. The summed E-state index contributed by atoms with van der Waals surface area (Å²) in [6.45, 7) is 0.593. The van der Waals surface area contributed by atoms with Crippen LogP contribution >= 0.6 is 11.6 Å². The predicted octanol–water partition coefficient (Wildman–Crippen LogP) is 1.11. The van der Waals surface area contributed by atoms with Crippen LogP contribution in [0.2, 0.25) is 5.15 Å². The van der Waals surface area contributed by atoms with E-state index in [1.807, 2.05) is 6.07 Å². The summed E-state index contributed by atoms with van der Waals surface area (Å²) in [7, 11) is 0. The van der Waals surface area contributed by atoms with E-state index in [1.54, 1.807) is 16.8 Å². The van der Waals surface area contributed by atoms with Gasteiger partial charge in [-0.25, -0.2) is 0 Å². The van der Waals surface area contributed by atoms with Crippen molar-refractivity contribution in [3.63, 3.8) is 0 Å². The number of nitrogens with zero attached hydrogens (tertiary/aromatic N) is 5. The number of fused-ring (bicyclic) bond motifs is 1. The van der Waals surface area contributed by atoms with Gasteiger partial charge in [0, 0.05) is 12.3 Å². The average molecular weight is 250 g/mol. The first kappa shape index (κ1) is 10.0. The first-order valence-corrected chi connectivity index (χ1v) is 5.29. The molecule has 3 aromatic rings. The molecule has 0 atom stereocenters. The monoisotopic (exact) mass is 249 g/mol. The van der Waals surface area contributed by atoms with Gasteiger partial charge in [0.1, 0.15) is 17.3 Å². The predicted molar refractivity (Wildman–Crippen MR) is 61.7 cm³/mol. The van der Waals surface area contributed by atoms with Gasteiger partial charge in [-0.3, -0.25) is 5.10 Å². The van der Waals surface area contributed by atoms with Crippen molar-refractivity contribution in [3.8, 4) is 0 Å². The van der Waals surface area contributed by atoms with Crippen molar-refractivity contribution in [3.05, 3.63) is 35.5 Å². The number of hydrogen-bond donors (Lipinski definition) is 2. The van der Waals surface area contributed by atoms with Crippen LogP contribution in [0.5, 0.6) is 0 Å². The van der Waals surface area contributed by atoms with Crippen molar-refractivity contribution in [2.24, 2.45) is 0 Å². The summed E-state index contributed by atoms with van der Waals surface area (Å²) in [5.74, 6) is 1.19. The van der Waals surface area contributed by atoms with Gasteiger partial charge in [0.25, 0.3) is 5.78 Å². The lowest BCUT2D eigenvalue weighted by molar-refractivity contribution is 0.909. The van der Waals surface area contributed by atoms with Crippen molar-refractivity contribution in [1.29, 1.82) is 0 Å². The normalized spacial score (nSPS) is 10.9. The number of aromatic nitrogens is 6. The molecule has 86 valence electrons. The van der Waals surface area contributed by atoms with E-state index >= 15 is 0 Å². The van der Waals surface area contributed by atoms with E-state index in [1.165, 1.54) is 6.33 Å². The smallest absolute Gasteiger partial charge is 0.255 e. The van der Waals surface area contributed by atoms with Crippen molar-refractivity contribution < 1.29 is 0 Å². The molecule has 3 rings (SSSR count). The van der Waals surface area contributed by atoms with Crippen molar-refractivity contribution in [2.75, 3.05) is 5.32 Å². The molecular formula is C9H8ClN7. The molecule has 0 radical (unpaired) electrons. The van der Waals surface area contributed by atoms with Crippen molar-refractivity contribution >= 4 is 23.2 Å². The van der Waals surface area contributed by atoms with E-state index in [9.17, 15) is 0 Å². The Hall–Kier alpha value is -2.15. The van der Waals surface area contributed by atoms with E-state index in [-0.39, 0.29) is 0 Å². The largest absolute Gasteiger partial charge is 0.364 e. The molecule has 8 heteroatoms. The Kier molecular flexibility index (Phi) is 2.37. The average Bonchev–Trinajstić information content (AvgIpc) is 2.95. The number of aromatic amines is 1. The molecule has 3 aromatic heterocycles. The fourth-order valence-electron chi connectivity index (χ4n) is 1.48. The van der Waals surface area contributed by atoms with Crippen LogP contribution in [0.15, 0.2) is 24.7 Å². The second-order valence-corrected chi connectivity index (χ2v) is 3.76. The Morgan fingerprint density at radius 3 is 3.24 bits per heavy atom. The fraction of sp³-hybridized carbons (Fsp3) is 0.111. The first-order chi connectivity index (χ1) is 8.33. The molecule has 2 N–H and O–H groups in total. The molecule has 3 heterocycles. The maximum atomic E-state index is 5.89. The van der Waals surface area contributed by atoms with Gasteiger partial charge in [-0.15, -0.1) is 0 Å². The van der Waals surface area contributed by atoms with Crippen molar-refractivity contribution in [2.45, 2.75) is 6.54 Å². The molecule has 0 unspecified atom stereocenters. The topological polar surface area (TPSA) is 83.8 Å². The molecular weight excluding hydrogens is 242 g/mol. The van der Waals surface area contributed by atoms with Crippen LogP contribution in [0.25, 0.3) is 5.78 Å². The molecule has 0 aliphatic heterocycles. The third-order valence-electron chi connectivity index (χ3n) is 2.24.